The molecule has 21 heavy (non-hydrogen) atoms. The standard InChI is InChI=1S/C14H16N2O5/c17-11-3-4-12(18)16(11)13-9(5-7-20-13)8-21-14(19)10-2-1-6-15-10/h1-2,5-6,11,13,15,17H,3-4,7-8H2/t11-,13+/m0/s1. The first kappa shape index (κ1) is 13.8. The highest BCUT2D eigenvalue weighted by atomic mass is 16.5. The average molecular weight is 292 g/mol. The van der Waals surface area contributed by atoms with Crippen molar-refractivity contribution in [1.82, 2.24) is 9.88 Å². The van der Waals surface area contributed by atoms with Crippen LogP contribution in [0.1, 0.15) is 23.3 Å². The molecule has 7 heteroatoms. The molecule has 1 amide bonds. The van der Waals surface area contributed by atoms with Crippen LogP contribution in [0.3, 0.4) is 0 Å². The zero-order chi connectivity index (χ0) is 14.8. The molecule has 0 radical (unpaired) electrons. The van der Waals surface area contributed by atoms with Gasteiger partial charge in [-0.1, -0.05) is 6.08 Å². The number of carbonyl (C=O) groups is 2. The van der Waals surface area contributed by atoms with Crippen LogP contribution < -0.4 is 0 Å². The van der Waals surface area contributed by atoms with E-state index >= 15 is 0 Å². The number of likely N-dealkylation sites (tertiary alicyclic amines) is 1. The van der Waals surface area contributed by atoms with Gasteiger partial charge in [-0.15, -0.1) is 0 Å². The van der Waals surface area contributed by atoms with Gasteiger partial charge in [0.1, 0.15) is 18.5 Å². The third-order valence-electron chi connectivity index (χ3n) is 3.58. The minimum Gasteiger partial charge on any atom is -0.456 e. The second kappa shape index (κ2) is 5.71. The number of aliphatic hydroxyl groups is 1. The summed E-state index contributed by atoms with van der Waals surface area (Å²) in [5.41, 5.74) is 1.03. The fourth-order valence-corrected chi connectivity index (χ4v) is 2.50. The summed E-state index contributed by atoms with van der Waals surface area (Å²) < 4.78 is 10.7. The third-order valence-corrected chi connectivity index (χ3v) is 3.58. The molecule has 0 bridgehead atoms. The van der Waals surface area contributed by atoms with E-state index in [0.29, 0.717) is 30.7 Å². The maximum Gasteiger partial charge on any atom is 0.355 e. The molecule has 2 aliphatic rings. The van der Waals surface area contributed by atoms with Gasteiger partial charge in [0, 0.05) is 24.6 Å². The fourth-order valence-electron chi connectivity index (χ4n) is 2.50. The summed E-state index contributed by atoms with van der Waals surface area (Å²) >= 11 is 0. The fraction of sp³-hybridized carbons (Fsp3) is 0.429. The Labute approximate surface area is 121 Å². The van der Waals surface area contributed by atoms with Crippen molar-refractivity contribution in [1.29, 1.82) is 0 Å². The molecule has 2 aliphatic heterocycles. The maximum atomic E-state index is 11.8. The summed E-state index contributed by atoms with van der Waals surface area (Å²) in [6.45, 7) is 0.357. The molecule has 0 aromatic carbocycles. The van der Waals surface area contributed by atoms with Crippen LogP contribution in [-0.4, -0.2) is 52.5 Å². The van der Waals surface area contributed by atoms with Crippen LogP contribution in [0.2, 0.25) is 0 Å². The number of hydrogen-bond donors (Lipinski definition) is 2. The largest absolute Gasteiger partial charge is 0.456 e. The predicted octanol–water partition coefficient (Wildman–Crippen LogP) is 0.395. The van der Waals surface area contributed by atoms with Gasteiger partial charge in [-0.25, -0.2) is 4.79 Å². The molecule has 3 rings (SSSR count). The quantitative estimate of drug-likeness (QED) is 0.619. The molecule has 112 valence electrons. The molecule has 0 spiro atoms. The summed E-state index contributed by atoms with van der Waals surface area (Å²) in [7, 11) is 0. The lowest BCUT2D eigenvalue weighted by atomic mass is 10.2. The van der Waals surface area contributed by atoms with Crippen LogP contribution in [0.4, 0.5) is 0 Å². The van der Waals surface area contributed by atoms with Crippen LogP contribution in [0.15, 0.2) is 30.0 Å². The van der Waals surface area contributed by atoms with Crippen LogP contribution in [0, 0.1) is 0 Å². The van der Waals surface area contributed by atoms with E-state index in [0.717, 1.165) is 0 Å². The summed E-state index contributed by atoms with van der Waals surface area (Å²) in [4.78, 5) is 27.6. The van der Waals surface area contributed by atoms with Crippen molar-refractivity contribution in [2.45, 2.75) is 25.3 Å². The van der Waals surface area contributed by atoms with Crippen molar-refractivity contribution >= 4 is 11.9 Å². The van der Waals surface area contributed by atoms with Gasteiger partial charge in [0.25, 0.3) is 0 Å². The van der Waals surface area contributed by atoms with E-state index in [2.05, 4.69) is 4.98 Å². The Hall–Kier alpha value is -2.12. The van der Waals surface area contributed by atoms with Crippen LogP contribution in [0.5, 0.6) is 0 Å². The Balaban J connectivity index is 1.62. The number of rotatable bonds is 4. The van der Waals surface area contributed by atoms with Crippen LogP contribution >= 0.6 is 0 Å². The maximum absolute atomic E-state index is 11.8. The molecule has 7 nitrogen and oxygen atoms in total. The number of nitrogens with one attached hydrogen (secondary N) is 1. The summed E-state index contributed by atoms with van der Waals surface area (Å²) in [6, 6.07) is 3.32. The van der Waals surface area contributed by atoms with E-state index in [9.17, 15) is 14.7 Å². The molecule has 1 aromatic rings. The number of hydrogen-bond acceptors (Lipinski definition) is 5. The van der Waals surface area contributed by atoms with Gasteiger partial charge >= 0.3 is 5.97 Å². The highest BCUT2D eigenvalue weighted by Crippen LogP contribution is 2.27. The van der Waals surface area contributed by atoms with Crippen molar-refractivity contribution in [2.75, 3.05) is 13.2 Å². The van der Waals surface area contributed by atoms with Crippen molar-refractivity contribution < 1.29 is 24.2 Å². The second-order valence-corrected chi connectivity index (χ2v) is 4.94. The lowest BCUT2D eigenvalue weighted by molar-refractivity contribution is -0.148. The van der Waals surface area contributed by atoms with Crippen LogP contribution in [0.25, 0.3) is 0 Å². The van der Waals surface area contributed by atoms with E-state index in [-0.39, 0.29) is 12.5 Å². The van der Waals surface area contributed by atoms with Gasteiger partial charge in [0.15, 0.2) is 6.23 Å². The monoisotopic (exact) mass is 292 g/mol. The van der Waals surface area contributed by atoms with E-state index in [1.807, 2.05) is 0 Å². The van der Waals surface area contributed by atoms with Gasteiger partial charge in [-0.05, 0) is 12.1 Å². The number of carbonyl (C=O) groups excluding carboxylic acids is 2. The van der Waals surface area contributed by atoms with Crippen molar-refractivity contribution in [3.63, 3.8) is 0 Å². The Kier molecular flexibility index (Phi) is 3.76. The van der Waals surface area contributed by atoms with Gasteiger partial charge < -0.3 is 19.6 Å². The minimum atomic E-state index is -0.844. The van der Waals surface area contributed by atoms with E-state index in [4.69, 9.17) is 9.47 Å². The van der Waals surface area contributed by atoms with E-state index in [1.165, 1.54) is 4.90 Å². The summed E-state index contributed by atoms with van der Waals surface area (Å²) in [5.74, 6) is -0.629. The Morgan fingerprint density at radius 2 is 2.43 bits per heavy atom. The van der Waals surface area contributed by atoms with Gasteiger partial charge in [-0.2, -0.15) is 0 Å². The van der Waals surface area contributed by atoms with Crippen molar-refractivity contribution in [3.8, 4) is 0 Å². The smallest absolute Gasteiger partial charge is 0.355 e. The zero-order valence-electron chi connectivity index (χ0n) is 11.3. The van der Waals surface area contributed by atoms with Crippen molar-refractivity contribution in [3.05, 3.63) is 35.7 Å². The highest BCUT2D eigenvalue weighted by Gasteiger charge is 2.39. The SMILES string of the molecule is O=C(OCC1=CCO[C@H]1N1C(=O)CC[C@@H]1O)c1ccc[nH]1. The van der Waals surface area contributed by atoms with Gasteiger partial charge in [0.2, 0.25) is 5.91 Å². The normalized spacial score (nSPS) is 25.3. The van der Waals surface area contributed by atoms with Crippen LogP contribution in [-0.2, 0) is 14.3 Å². The molecule has 0 saturated carbocycles. The molecule has 1 aromatic heterocycles. The molecular weight excluding hydrogens is 276 g/mol. The highest BCUT2D eigenvalue weighted by molar-refractivity contribution is 5.87. The molecular formula is C14H16N2O5. The molecule has 2 N–H and O–H groups in total. The number of aromatic amines is 1. The molecule has 3 heterocycles. The minimum absolute atomic E-state index is 0.0268. The predicted molar refractivity (Wildman–Crippen MR) is 71.0 cm³/mol. The molecule has 1 fully saturated rings. The Bertz CT molecular complexity index is 566. The third kappa shape index (κ3) is 2.70. The molecule has 2 atom stereocenters. The molecule has 0 unspecified atom stereocenters. The first-order valence-corrected chi connectivity index (χ1v) is 6.77. The average Bonchev–Trinajstić information content (AvgIpc) is 3.18. The molecule has 1 saturated heterocycles. The number of ether oxygens (including phenoxy) is 2. The van der Waals surface area contributed by atoms with Gasteiger partial charge in [0.05, 0.1) is 6.61 Å². The number of aliphatic hydroxyl groups excluding tert-OH is 1. The Morgan fingerprint density at radius 3 is 3.10 bits per heavy atom. The first-order chi connectivity index (χ1) is 10.2. The lowest BCUT2D eigenvalue weighted by Gasteiger charge is -2.28. The number of nitrogens with zero attached hydrogens (tertiary/aromatic N) is 1. The zero-order valence-corrected chi connectivity index (χ0v) is 11.3. The topological polar surface area (TPSA) is 91.9 Å². The number of esters is 1. The Morgan fingerprint density at radius 1 is 1.57 bits per heavy atom. The molecule has 0 aliphatic carbocycles. The summed E-state index contributed by atoms with van der Waals surface area (Å²) in [5, 5.41) is 9.85. The second-order valence-electron chi connectivity index (χ2n) is 4.94. The first-order valence-electron chi connectivity index (χ1n) is 6.77. The number of amides is 1. The number of H-pyrrole nitrogens is 1. The number of aromatic nitrogens is 1. The van der Waals surface area contributed by atoms with Gasteiger partial charge in [-0.3, -0.25) is 9.69 Å². The van der Waals surface area contributed by atoms with E-state index < -0.39 is 18.4 Å². The lowest BCUT2D eigenvalue weighted by Crippen LogP contribution is -2.43. The van der Waals surface area contributed by atoms with Crippen molar-refractivity contribution in [2.24, 2.45) is 0 Å². The van der Waals surface area contributed by atoms with E-state index in [1.54, 1.807) is 24.4 Å². The summed E-state index contributed by atoms with van der Waals surface area (Å²) in [6.07, 6.45) is 2.61.